The van der Waals surface area contributed by atoms with E-state index in [1.165, 1.54) is 0 Å². The molecule has 3 N–H and O–H groups in total. The highest BCUT2D eigenvalue weighted by atomic mass is 16.5. The Hall–Kier alpha value is -2.50. The Morgan fingerprint density at radius 2 is 2.10 bits per heavy atom. The van der Waals surface area contributed by atoms with Gasteiger partial charge in [-0.1, -0.05) is 35.5 Å². The third-order valence-corrected chi connectivity index (χ3v) is 2.95. The second-order valence-corrected chi connectivity index (χ2v) is 4.34. The van der Waals surface area contributed by atoms with Crippen molar-refractivity contribution in [2.24, 2.45) is 10.9 Å². The Morgan fingerprint density at radius 3 is 2.70 bits per heavy atom. The van der Waals surface area contributed by atoms with Gasteiger partial charge in [0.05, 0.1) is 0 Å². The van der Waals surface area contributed by atoms with Crippen molar-refractivity contribution in [3.63, 3.8) is 0 Å². The van der Waals surface area contributed by atoms with E-state index in [0.717, 1.165) is 5.56 Å². The molecule has 0 atom stereocenters. The van der Waals surface area contributed by atoms with Crippen molar-refractivity contribution in [2.45, 2.75) is 27.0 Å². The van der Waals surface area contributed by atoms with Crippen molar-refractivity contribution < 1.29 is 9.94 Å². The standard InChI is InChI=1S/C14H18N4O2/c1-3-18-12(14(15)17-19)13(10(2)16-18)20-9-11-7-5-4-6-8-11/h4-8,19H,3,9H2,1-2H3,(H2,15,17). The first-order valence-corrected chi connectivity index (χ1v) is 6.39. The highest BCUT2D eigenvalue weighted by molar-refractivity contribution is 5.98. The molecule has 6 nitrogen and oxygen atoms in total. The molecular weight excluding hydrogens is 256 g/mol. The highest BCUT2D eigenvalue weighted by Gasteiger charge is 2.19. The fraction of sp³-hybridized carbons (Fsp3) is 0.286. The smallest absolute Gasteiger partial charge is 0.192 e. The number of nitrogens with zero attached hydrogens (tertiary/aromatic N) is 3. The van der Waals surface area contributed by atoms with Crippen LogP contribution in [0.5, 0.6) is 5.75 Å². The molecule has 6 heteroatoms. The largest absolute Gasteiger partial charge is 0.485 e. The molecule has 2 aromatic rings. The molecule has 0 saturated carbocycles. The number of oxime groups is 1. The molecule has 0 radical (unpaired) electrons. The average Bonchev–Trinajstić information content (AvgIpc) is 2.81. The third-order valence-electron chi connectivity index (χ3n) is 2.95. The zero-order chi connectivity index (χ0) is 14.5. The average molecular weight is 274 g/mol. The second kappa shape index (κ2) is 6.10. The van der Waals surface area contributed by atoms with Gasteiger partial charge in [-0.05, 0) is 19.4 Å². The van der Waals surface area contributed by atoms with Crippen LogP contribution in [0, 0.1) is 6.92 Å². The minimum atomic E-state index is -0.00416. The first-order chi connectivity index (χ1) is 9.67. The van der Waals surface area contributed by atoms with Crippen molar-refractivity contribution in [2.75, 3.05) is 0 Å². The zero-order valence-electron chi connectivity index (χ0n) is 11.6. The number of ether oxygens (including phenoxy) is 1. The lowest BCUT2D eigenvalue weighted by atomic mass is 10.2. The summed E-state index contributed by atoms with van der Waals surface area (Å²) in [5.41, 5.74) is 7.97. The van der Waals surface area contributed by atoms with Crippen LogP contribution in [0.15, 0.2) is 35.5 Å². The maximum Gasteiger partial charge on any atom is 0.192 e. The van der Waals surface area contributed by atoms with Crippen LogP contribution in [0.1, 0.15) is 23.9 Å². The molecule has 0 spiro atoms. The molecule has 0 aliphatic heterocycles. The molecule has 106 valence electrons. The Kier molecular flexibility index (Phi) is 4.24. The van der Waals surface area contributed by atoms with Gasteiger partial charge in [-0.25, -0.2) is 0 Å². The molecule has 1 heterocycles. The topological polar surface area (TPSA) is 85.7 Å². The van der Waals surface area contributed by atoms with E-state index in [4.69, 9.17) is 15.7 Å². The number of aryl methyl sites for hydroxylation is 2. The van der Waals surface area contributed by atoms with Crippen LogP contribution >= 0.6 is 0 Å². The van der Waals surface area contributed by atoms with Crippen LogP contribution in [0.2, 0.25) is 0 Å². The first kappa shape index (κ1) is 13.9. The molecule has 0 fully saturated rings. The first-order valence-electron chi connectivity index (χ1n) is 6.39. The second-order valence-electron chi connectivity index (χ2n) is 4.34. The van der Waals surface area contributed by atoms with Crippen LogP contribution < -0.4 is 10.5 Å². The molecule has 2 rings (SSSR count). The summed E-state index contributed by atoms with van der Waals surface area (Å²) in [5, 5.41) is 16.3. The lowest BCUT2D eigenvalue weighted by molar-refractivity contribution is 0.300. The summed E-state index contributed by atoms with van der Waals surface area (Å²) in [7, 11) is 0. The number of benzene rings is 1. The number of nitrogens with two attached hydrogens (primary N) is 1. The van der Waals surface area contributed by atoms with Crippen LogP contribution in [0.25, 0.3) is 0 Å². The van der Waals surface area contributed by atoms with Gasteiger partial charge in [0.2, 0.25) is 0 Å². The van der Waals surface area contributed by atoms with Gasteiger partial charge in [0, 0.05) is 6.54 Å². The van der Waals surface area contributed by atoms with Crippen molar-refractivity contribution in [3.05, 3.63) is 47.3 Å². The van der Waals surface area contributed by atoms with Gasteiger partial charge < -0.3 is 15.7 Å². The number of aromatic nitrogens is 2. The number of amidine groups is 1. The quantitative estimate of drug-likeness (QED) is 0.377. The summed E-state index contributed by atoms with van der Waals surface area (Å²) in [5.74, 6) is 0.543. The molecule has 0 aliphatic rings. The highest BCUT2D eigenvalue weighted by Crippen LogP contribution is 2.24. The van der Waals surface area contributed by atoms with Gasteiger partial charge in [0.25, 0.3) is 0 Å². The van der Waals surface area contributed by atoms with Gasteiger partial charge in [-0.3, -0.25) is 4.68 Å². The van der Waals surface area contributed by atoms with Crippen LogP contribution in [0.3, 0.4) is 0 Å². The predicted molar refractivity (Wildman–Crippen MR) is 75.9 cm³/mol. The van der Waals surface area contributed by atoms with Crippen LogP contribution in [-0.2, 0) is 13.2 Å². The number of hydrogen-bond acceptors (Lipinski definition) is 4. The summed E-state index contributed by atoms with van der Waals surface area (Å²) in [4.78, 5) is 0. The molecule has 0 unspecified atom stereocenters. The molecule has 20 heavy (non-hydrogen) atoms. The maximum atomic E-state index is 8.89. The Labute approximate surface area is 117 Å². The van der Waals surface area contributed by atoms with E-state index >= 15 is 0 Å². The van der Waals surface area contributed by atoms with Gasteiger partial charge >= 0.3 is 0 Å². The van der Waals surface area contributed by atoms with Gasteiger partial charge in [-0.2, -0.15) is 5.10 Å². The zero-order valence-corrected chi connectivity index (χ0v) is 11.6. The fourth-order valence-electron chi connectivity index (χ4n) is 1.99. The summed E-state index contributed by atoms with van der Waals surface area (Å²) in [6.45, 7) is 4.78. The monoisotopic (exact) mass is 274 g/mol. The maximum absolute atomic E-state index is 8.89. The number of rotatable bonds is 5. The van der Waals surface area contributed by atoms with E-state index in [-0.39, 0.29) is 5.84 Å². The SMILES string of the molecule is CCn1nc(C)c(OCc2ccccc2)c1C(N)=NO. The van der Waals surface area contributed by atoms with Crippen LogP contribution in [-0.4, -0.2) is 20.8 Å². The van der Waals surface area contributed by atoms with Crippen molar-refractivity contribution in [1.82, 2.24) is 9.78 Å². The van der Waals surface area contributed by atoms with E-state index in [0.29, 0.717) is 30.3 Å². The molecule has 0 amide bonds. The normalized spacial score (nSPS) is 11.6. The van der Waals surface area contributed by atoms with Crippen molar-refractivity contribution in [1.29, 1.82) is 0 Å². The third kappa shape index (κ3) is 2.74. The molecule has 0 saturated heterocycles. The predicted octanol–water partition coefficient (Wildman–Crippen LogP) is 1.88. The Balaban J connectivity index is 2.29. The van der Waals surface area contributed by atoms with E-state index in [1.807, 2.05) is 44.2 Å². The minimum absolute atomic E-state index is 0.00416. The van der Waals surface area contributed by atoms with Gasteiger partial charge in [0.15, 0.2) is 11.6 Å². The summed E-state index contributed by atoms with van der Waals surface area (Å²) >= 11 is 0. The fourth-order valence-corrected chi connectivity index (χ4v) is 1.99. The molecule has 0 bridgehead atoms. The van der Waals surface area contributed by atoms with Gasteiger partial charge in [-0.15, -0.1) is 0 Å². The Morgan fingerprint density at radius 1 is 1.40 bits per heavy atom. The molecular formula is C14H18N4O2. The van der Waals surface area contributed by atoms with E-state index in [1.54, 1.807) is 4.68 Å². The number of hydrogen-bond donors (Lipinski definition) is 2. The van der Waals surface area contributed by atoms with Crippen molar-refractivity contribution >= 4 is 5.84 Å². The summed E-state index contributed by atoms with van der Waals surface area (Å²) in [6, 6.07) is 9.80. The lowest BCUT2D eigenvalue weighted by Crippen LogP contribution is -2.19. The molecule has 1 aromatic heterocycles. The summed E-state index contributed by atoms with van der Waals surface area (Å²) < 4.78 is 7.46. The molecule has 0 aliphatic carbocycles. The molecule has 1 aromatic carbocycles. The van der Waals surface area contributed by atoms with Gasteiger partial charge in [0.1, 0.15) is 18.0 Å². The van der Waals surface area contributed by atoms with Crippen LogP contribution in [0.4, 0.5) is 0 Å². The van der Waals surface area contributed by atoms with Crippen molar-refractivity contribution in [3.8, 4) is 5.75 Å². The van der Waals surface area contributed by atoms with E-state index in [2.05, 4.69) is 10.3 Å². The Bertz CT molecular complexity index is 605. The van der Waals surface area contributed by atoms with E-state index < -0.39 is 0 Å². The lowest BCUT2D eigenvalue weighted by Gasteiger charge is -2.08. The summed E-state index contributed by atoms with van der Waals surface area (Å²) in [6.07, 6.45) is 0. The van der Waals surface area contributed by atoms with E-state index in [9.17, 15) is 0 Å². The minimum Gasteiger partial charge on any atom is -0.485 e.